The molecule has 0 spiro atoms. The van der Waals surface area contributed by atoms with Crippen LogP contribution in [0.1, 0.15) is 36.8 Å². The average molecular weight is 528 g/mol. The summed E-state index contributed by atoms with van der Waals surface area (Å²) in [5.41, 5.74) is 2.50. The van der Waals surface area contributed by atoms with Gasteiger partial charge in [0.05, 0.1) is 49.1 Å². The minimum absolute atomic E-state index is 0.0388. The lowest BCUT2D eigenvalue weighted by molar-refractivity contribution is -0.124. The fourth-order valence-corrected chi connectivity index (χ4v) is 4.63. The zero-order valence-corrected chi connectivity index (χ0v) is 21.0. The molecule has 38 heavy (non-hydrogen) atoms. The third-order valence-electron chi connectivity index (χ3n) is 6.62. The number of hydrogen-bond acceptors (Lipinski definition) is 7. The number of methoxy groups -OCH3 is 1. The van der Waals surface area contributed by atoms with Crippen LogP contribution in [-0.2, 0) is 16.0 Å². The Kier molecular flexibility index (Phi) is 9.33. The van der Waals surface area contributed by atoms with E-state index in [4.69, 9.17) is 9.47 Å². The Morgan fingerprint density at radius 2 is 2.11 bits per heavy atom. The van der Waals surface area contributed by atoms with Gasteiger partial charge in [-0.25, -0.2) is 13.8 Å². The molecule has 8 nitrogen and oxygen atoms in total. The van der Waals surface area contributed by atoms with Crippen molar-refractivity contribution < 1.29 is 33.3 Å². The molecule has 1 amide bonds. The fraction of sp³-hybridized carbons (Fsp3) is 0.393. The lowest BCUT2D eigenvalue weighted by Gasteiger charge is -2.37. The van der Waals surface area contributed by atoms with Crippen LogP contribution in [0.25, 0.3) is 17.1 Å². The van der Waals surface area contributed by atoms with E-state index in [1.807, 2.05) is 12.1 Å². The maximum absolute atomic E-state index is 13.9. The first kappa shape index (κ1) is 27.6. The van der Waals surface area contributed by atoms with Gasteiger partial charge < -0.3 is 25.0 Å². The normalized spacial score (nSPS) is 20.5. The number of aliphatic hydroxyl groups excluding tert-OH is 2. The van der Waals surface area contributed by atoms with Gasteiger partial charge in [-0.05, 0) is 67.7 Å². The van der Waals surface area contributed by atoms with Crippen LogP contribution in [0, 0.1) is 11.6 Å². The average Bonchev–Trinajstić information content (AvgIpc) is 2.93. The number of benzene rings is 1. The van der Waals surface area contributed by atoms with Crippen molar-refractivity contribution in [2.75, 3.05) is 13.7 Å². The second-order valence-corrected chi connectivity index (χ2v) is 9.29. The van der Waals surface area contributed by atoms with E-state index >= 15 is 0 Å². The summed E-state index contributed by atoms with van der Waals surface area (Å²) in [7, 11) is 1.56. The van der Waals surface area contributed by atoms with E-state index in [1.54, 1.807) is 19.4 Å². The van der Waals surface area contributed by atoms with Gasteiger partial charge in [-0.2, -0.15) is 0 Å². The maximum atomic E-state index is 13.9. The number of aryl methyl sites for hydroxylation is 1. The molecule has 0 aliphatic carbocycles. The first-order chi connectivity index (χ1) is 18.4. The van der Waals surface area contributed by atoms with Crippen molar-refractivity contribution in [3.05, 3.63) is 71.4 Å². The third kappa shape index (κ3) is 7.09. The summed E-state index contributed by atoms with van der Waals surface area (Å²) in [5.74, 6) is -1.23. The van der Waals surface area contributed by atoms with Gasteiger partial charge in [0.1, 0.15) is 11.6 Å². The Balaban J connectivity index is 1.40. The summed E-state index contributed by atoms with van der Waals surface area (Å²) in [6.07, 6.45) is 5.16. The van der Waals surface area contributed by atoms with Crippen LogP contribution in [0.2, 0.25) is 0 Å². The minimum atomic E-state index is -1.00. The summed E-state index contributed by atoms with van der Waals surface area (Å²) in [4.78, 5) is 21.4. The van der Waals surface area contributed by atoms with Crippen LogP contribution in [0.5, 0.6) is 5.88 Å². The molecule has 3 aromatic rings. The zero-order valence-electron chi connectivity index (χ0n) is 21.0. The summed E-state index contributed by atoms with van der Waals surface area (Å²) in [6.45, 7) is -0.430. The number of nitrogens with one attached hydrogen (secondary N) is 1. The van der Waals surface area contributed by atoms with Crippen molar-refractivity contribution in [3.8, 4) is 5.88 Å². The second-order valence-electron chi connectivity index (χ2n) is 9.29. The largest absolute Gasteiger partial charge is 0.481 e. The van der Waals surface area contributed by atoms with E-state index in [2.05, 4.69) is 15.3 Å². The maximum Gasteiger partial charge on any atom is 0.244 e. The molecule has 0 unspecified atom stereocenters. The molecule has 2 aromatic heterocycles. The third-order valence-corrected chi connectivity index (χ3v) is 6.62. The summed E-state index contributed by atoms with van der Waals surface area (Å²) < 4.78 is 38.8. The van der Waals surface area contributed by atoms with Crippen molar-refractivity contribution in [2.24, 2.45) is 0 Å². The van der Waals surface area contributed by atoms with E-state index in [1.165, 1.54) is 6.08 Å². The highest BCUT2D eigenvalue weighted by atomic mass is 19.1. The first-order valence-corrected chi connectivity index (χ1v) is 12.5. The highest BCUT2D eigenvalue weighted by Gasteiger charge is 2.33. The smallest absolute Gasteiger partial charge is 0.244 e. The van der Waals surface area contributed by atoms with Crippen LogP contribution in [-0.4, -0.2) is 64.2 Å². The summed E-state index contributed by atoms with van der Waals surface area (Å²) in [6, 6.07) is 8.12. The number of carbonyl (C=O) groups is 1. The van der Waals surface area contributed by atoms with Crippen LogP contribution < -0.4 is 10.1 Å². The lowest BCUT2D eigenvalue weighted by Crippen LogP contribution is -2.50. The summed E-state index contributed by atoms with van der Waals surface area (Å²) in [5, 5.41) is 22.3. The van der Waals surface area contributed by atoms with E-state index in [0.717, 1.165) is 40.9 Å². The highest BCUT2D eigenvalue weighted by Crippen LogP contribution is 2.27. The molecule has 4 rings (SSSR count). The topological polar surface area (TPSA) is 114 Å². The van der Waals surface area contributed by atoms with E-state index < -0.39 is 42.4 Å². The van der Waals surface area contributed by atoms with Gasteiger partial charge in [0, 0.05) is 30.3 Å². The number of halogens is 2. The van der Waals surface area contributed by atoms with Crippen molar-refractivity contribution >= 4 is 23.0 Å². The predicted octanol–water partition coefficient (Wildman–Crippen LogP) is 3.34. The van der Waals surface area contributed by atoms with E-state index in [-0.39, 0.29) is 18.1 Å². The van der Waals surface area contributed by atoms with Gasteiger partial charge in [-0.1, -0.05) is 0 Å². The molecule has 4 atom stereocenters. The molecule has 10 heteroatoms. The lowest BCUT2D eigenvalue weighted by atomic mass is 9.92. The van der Waals surface area contributed by atoms with Crippen LogP contribution >= 0.6 is 0 Å². The van der Waals surface area contributed by atoms with Gasteiger partial charge in [0.25, 0.3) is 0 Å². The number of aliphatic hydroxyl groups is 2. The molecule has 1 aliphatic rings. The first-order valence-electron chi connectivity index (χ1n) is 12.5. The number of hydrogen-bond donors (Lipinski definition) is 3. The number of ether oxygens (including phenoxy) is 2. The van der Waals surface area contributed by atoms with Crippen LogP contribution in [0.15, 0.2) is 48.7 Å². The van der Waals surface area contributed by atoms with Crippen molar-refractivity contribution in [1.82, 2.24) is 15.3 Å². The second kappa shape index (κ2) is 12.9. The van der Waals surface area contributed by atoms with Gasteiger partial charge >= 0.3 is 0 Å². The van der Waals surface area contributed by atoms with E-state index in [9.17, 15) is 23.8 Å². The predicted molar refractivity (Wildman–Crippen MR) is 137 cm³/mol. The summed E-state index contributed by atoms with van der Waals surface area (Å²) >= 11 is 0. The van der Waals surface area contributed by atoms with E-state index in [0.29, 0.717) is 31.6 Å². The van der Waals surface area contributed by atoms with Gasteiger partial charge in [0.15, 0.2) is 0 Å². The van der Waals surface area contributed by atoms with Crippen molar-refractivity contribution in [3.63, 3.8) is 0 Å². The molecular formula is C28H31F2N3O5. The molecule has 0 bridgehead atoms. The Morgan fingerprint density at radius 1 is 1.26 bits per heavy atom. The fourth-order valence-electron chi connectivity index (χ4n) is 4.63. The number of fused-ring (bicyclic) bond motifs is 1. The minimum Gasteiger partial charge on any atom is -0.481 e. The SMILES string of the molecule is COc1ccc2nccc(CC[C@@H]3CC[C@@H](NC(=O)C=Cc4cc(F)ccc4F)[C@@H](C[C@@H](O)CO)O3)c2n1. The number of pyridine rings is 2. The standard InChI is InChI=1S/C28H31F2N3O5/c1-37-27-11-9-24-28(33-27)17(12-13-31-24)2-5-21-6-8-23(25(38-21)15-20(35)16-34)32-26(36)10-3-18-14-19(29)4-7-22(18)30/h3-4,7,9-14,20-21,23,25,34-35H,2,5-6,8,15-16H2,1H3,(H,32,36)/t20-,21-,23-,25-/m1/s1. The molecule has 3 heterocycles. The molecule has 202 valence electrons. The monoisotopic (exact) mass is 527 g/mol. The molecule has 0 radical (unpaired) electrons. The van der Waals surface area contributed by atoms with Gasteiger partial charge in [-0.15, -0.1) is 0 Å². The zero-order chi connectivity index (χ0) is 27.1. The number of amides is 1. The van der Waals surface area contributed by atoms with Crippen molar-refractivity contribution in [1.29, 1.82) is 0 Å². The molecule has 1 aromatic carbocycles. The van der Waals surface area contributed by atoms with Gasteiger partial charge in [0.2, 0.25) is 11.8 Å². The number of aromatic nitrogens is 2. The number of nitrogens with zero attached hydrogens (tertiary/aromatic N) is 2. The highest BCUT2D eigenvalue weighted by molar-refractivity contribution is 5.92. The number of rotatable bonds is 10. The molecule has 0 saturated carbocycles. The molecule has 1 aliphatic heterocycles. The Morgan fingerprint density at radius 3 is 2.89 bits per heavy atom. The van der Waals surface area contributed by atoms with Crippen LogP contribution in [0.3, 0.4) is 0 Å². The Bertz CT molecular complexity index is 1290. The van der Waals surface area contributed by atoms with Crippen LogP contribution in [0.4, 0.5) is 8.78 Å². The molecular weight excluding hydrogens is 496 g/mol. The molecule has 1 fully saturated rings. The van der Waals surface area contributed by atoms with Gasteiger partial charge in [-0.3, -0.25) is 9.78 Å². The quantitative estimate of drug-likeness (QED) is 0.347. The van der Waals surface area contributed by atoms with Crippen molar-refractivity contribution in [2.45, 2.75) is 56.5 Å². The molecule has 1 saturated heterocycles. The number of carbonyl (C=O) groups excluding carboxylic acids is 1. The Labute approximate surface area is 219 Å². The Hall–Kier alpha value is -3.47. The molecule has 3 N–H and O–H groups in total.